The van der Waals surface area contributed by atoms with Crippen LogP contribution in [-0.4, -0.2) is 41.2 Å². The molecule has 2 aliphatic rings. The molecule has 0 radical (unpaired) electrons. The number of carboxylic acids is 1. The van der Waals surface area contributed by atoms with E-state index in [2.05, 4.69) is 4.90 Å². The number of nitrogens with zero attached hydrogens (tertiary/aromatic N) is 1. The smallest absolute Gasteiger partial charge is 0.339 e. The Morgan fingerprint density at radius 1 is 1.15 bits per heavy atom. The Balaban J connectivity index is 1.55. The Morgan fingerprint density at radius 2 is 1.85 bits per heavy atom. The van der Waals surface area contributed by atoms with E-state index in [-0.39, 0.29) is 11.7 Å². The van der Waals surface area contributed by atoms with Gasteiger partial charge in [-0.3, -0.25) is 0 Å². The molecular weight excluding hydrogens is 254 g/mol. The van der Waals surface area contributed by atoms with Gasteiger partial charge in [-0.25, -0.2) is 4.79 Å². The van der Waals surface area contributed by atoms with Gasteiger partial charge in [-0.2, -0.15) is 0 Å². The molecule has 20 heavy (non-hydrogen) atoms. The molecule has 1 saturated heterocycles. The standard InChI is InChI=1S/C16H21NO3/c18-16(19)14-6-2-3-7-15(14)20-13-10-12(11-13)17-8-4-1-5-9-17/h2-3,6-7,12-13H,1,4-5,8-11H2,(H,18,19). The molecule has 1 aromatic carbocycles. The van der Waals surface area contributed by atoms with Crippen molar-refractivity contribution in [3.05, 3.63) is 29.8 Å². The fourth-order valence-corrected chi connectivity index (χ4v) is 3.14. The van der Waals surface area contributed by atoms with Crippen molar-refractivity contribution >= 4 is 5.97 Å². The molecule has 4 nitrogen and oxygen atoms in total. The van der Waals surface area contributed by atoms with E-state index < -0.39 is 5.97 Å². The van der Waals surface area contributed by atoms with Gasteiger partial charge in [0.05, 0.1) is 0 Å². The van der Waals surface area contributed by atoms with Crippen LogP contribution in [0.4, 0.5) is 0 Å². The Morgan fingerprint density at radius 3 is 2.55 bits per heavy atom. The predicted molar refractivity (Wildman–Crippen MR) is 76.3 cm³/mol. The summed E-state index contributed by atoms with van der Waals surface area (Å²) in [6, 6.07) is 7.53. The van der Waals surface area contributed by atoms with Gasteiger partial charge in [0.25, 0.3) is 0 Å². The molecule has 0 aromatic heterocycles. The zero-order valence-electron chi connectivity index (χ0n) is 11.6. The number of para-hydroxylation sites is 1. The molecule has 0 bridgehead atoms. The molecule has 1 aromatic rings. The van der Waals surface area contributed by atoms with Crippen LogP contribution in [0.2, 0.25) is 0 Å². The highest BCUT2D eigenvalue weighted by Gasteiger charge is 2.35. The van der Waals surface area contributed by atoms with Crippen LogP contribution in [-0.2, 0) is 0 Å². The normalized spacial score (nSPS) is 26.8. The fourth-order valence-electron chi connectivity index (χ4n) is 3.14. The topological polar surface area (TPSA) is 49.8 Å². The van der Waals surface area contributed by atoms with Crippen LogP contribution >= 0.6 is 0 Å². The monoisotopic (exact) mass is 275 g/mol. The first kappa shape index (κ1) is 13.4. The highest BCUT2D eigenvalue weighted by Crippen LogP contribution is 2.32. The third kappa shape index (κ3) is 2.80. The summed E-state index contributed by atoms with van der Waals surface area (Å²) >= 11 is 0. The van der Waals surface area contributed by atoms with Gasteiger partial charge < -0.3 is 14.7 Å². The van der Waals surface area contributed by atoms with E-state index in [4.69, 9.17) is 9.84 Å². The SMILES string of the molecule is O=C(O)c1ccccc1OC1CC(N2CCCCC2)C1. The number of hydrogen-bond donors (Lipinski definition) is 1. The van der Waals surface area contributed by atoms with Crippen molar-refractivity contribution in [3.8, 4) is 5.75 Å². The van der Waals surface area contributed by atoms with Crippen molar-refractivity contribution in [2.45, 2.75) is 44.2 Å². The van der Waals surface area contributed by atoms with Gasteiger partial charge >= 0.3 is 5.97 Å². The van der Waals surface area contributed by atoms with E-state index in [0.29, 0.717) is 11.8 Å². The van der Waals surface area contributed by atoms with Gasteiger partial charge in [0, 0.05) is 18.9 Å². The van der Waals surface area contributed by atoms with Crippen LogP contribution in [0.25, 0.3) is 0 Å². The zero-order valence-corrected chi connectivity index (χ0v) is 11.6. The Hall–Kier alpha value is -1.55. The highest BCUT2D eigenvalue weighted by atomic mass is 16.5. The number of benzene rings is 1. The molecule has 0 atom stereocenters. The summed E-state index contributed by atoms with van der Waals surface area (Å²) in [5.41, 5.74) is 0.258. The minimum Gasteiger partial charge on any atom is -0.489 e. The summed E-state index contributed by atoms with van der Waals surface area (Å²) in [7, 11) is 0. The molecule has 2 fully saturated rings. The van der Waals surface area contributed by atoms with Crippen molar-refractivity contribution in [3.63, 3.8) is 0 Å². The maximum absolute atomic E-state index is 11.1. The number of rotatable bonds is 4. The van der Waals surface area contributed by atoms with Gasteiger partial charge in [0.1, 0.15) is 17.4 Å². The summed E-state index contributed by atoms with van der Waals surface area (Å²) in [4.78, 5) is 13.7. The van der Waals surface area contributed by atoms with E-state index in [1.165, 1.54) is 32.4 Å². The minimum atomic E-state index is -0.924. The van der Waals surface area contributed by atoms with Crippen molar-refractivity contribution in [1.82, 2.24) is 4.90 Å². The molecule has 0 amide bonds. The molecule has 1 N–H and O–H groups in total. The van der Waals surface area contributed by atoms with Crippen LogP contribution in [0.15, 0.2) is 24.3 Å². The van der Waals surface area contributed by atoms with Crippen LogP contribution in [0.5, 0.6) is 5.75 Å². The number of carboxylic acid groups (broad SMARTS) is 1. The quantitative estimate of drug-likeness (QED) is 0.918. The molecule has 108 valence electrons. The highest BCUT2D eigenvalue weighted by molar-refractivity contribution is 5.90. The third-order valence-corrected chi connectivity index (χ3v) is 4.39. The molecule has 0 spiro atoms. The first-order valence-electron chi connectivity index (χ1n) is 7.47. The van der Waals surface area contributed by atoms with Crippen LogP contribution in [0.1, 0.15) is 42.5 Å². The van der Waals surface area contributed by atoms with E-state index in [1.54, 1.807) is 18.2 Å². The molecule has 3 rings (SSSR count). The minimum absolute atomic E-state index is 0.169. The second-order valence-corrected chi connectivity index (χ2v) is 5.76. The van der Waals surface area contributed by atoms with Gasteiger partial charge in [0.15, 0.2) is 0 Å². The van der Waals surface area contributed by atoms with E-state index in [9.17, 15) is 4.79 Å². The Labute approximate surface area is 119 Å². The van der Waals surface area contributed by atoms with Crippen LogP contribution in [0, 0.1) is 0 Å². The van der Waals surface area contributed by atoms with Crippen molar-refractivity contribution < 1.29 is 14.6 Å². The maximum Gasteiger partial charge on any atom is 0.339 e. The first-order valence-corrected chi connectivity index (χ1v) is 7.47. The largest absolute Gasteiger partial charge is 0.489 e. The van der Waals surface area contributed by atoms with Crippen LogP contribution in [0.3, 0.4) is 0 Å². The first-order chi connectivity index (χ1) is 9.74. The number of likely N-dealkylation sites (tertiary alicyclic amines) is 1. The maximum atomic E-state index is 11.1. The lowest BCUT2D eigenvalue weighted by atomic mass is 9.86. The van der Waals surface area contributed by atoms with E-state index in [0.717, 1.165) is 12.8 Å². The molecule has 1 aliphatic heterocycles. The lowest BCUT2D eigenvalue weighted by Crippen LogP contribution is -2.50. The molecule has 1 aliphatic carbocycles. The fraction of sp³-hybridized carbons (Fsp3) is 0.562. The summed E-state index contributed by atoms with van der Waals surface area (Å²) in [6.07, 6.45) is 6.19. The number of ether oxygens (including phenoxy) is 1. The predicted octanol–water partition coefficient (Wildman–Crippen LogP) is 2.78. The summed E-state index contributed by atoms with van der Waals surface area (Å²) in [5, 5.41) is 9.14. The second kappa shape index (κ2) is 5.83. The summed E-state index contributed by atoms with van der Waals surface area (Å²) in [5.74, 6) is -0.422. The molecule has 1 saturated carbocycles. The van der Waals surface area contributed by atoms with Gasteiger partial charge in [-0.15, -0.1) is 0 Å². The lowest BCUT2D eigenvalue weighted by molar-refractivity contribution is 0.00825. The van der Waals surface area contributed by atoms with Gasteiger partial charge in [0.2, 0.25) is 0 Å². The molecule has 4 heteroatoms. The van der Waals surface area contributed by atoms with Crippen molar-refractivity contribution in [1.29, 1.82) is 0 Å². The van der Waals surface area contributed by atoms with Gasteiger partial charge in [-0.1, -0.05) is 18.6 Å². The third-order valence-electron chi connectivity index (χ3n) is 4.39. The number of piperidine rings is 1. The number of hydrogen-bond acceptors (Lipinski definition) is 3. The number of carbonyl (C=O) groups is 1. The Kier molecular flexibility index (Phi) is 3.92. The summed E-state index contributed by atoms with van der Waals surface area (Å²) < 4.78 is 5.86. The van der Waals surface area contributed by atoms with Crippen molar-refractivity contribution in [2.24, 2.45) is 0 Å². The average molecular weight is 275 g/mol. The lowest BCUT2D eigenvalue weighted by Gasteiger charge is -2.44. The van der Waals surface area contributed by atoms with E-state index in [1.807, 2.05) is 6.07 Å². The molecule has 1 heterocycles. The van der Waals surface area contributed by atoms with Crippen LogP contribution < -0.4 is 4.74 Å². The molecular formula is C16H21NO3. The second-order valence-electron chi connectivity index (χ2n) is 5.76. The van der Waals surface area contributed by atoms with Crippen molar-refractivity contribution in [2.75, 3.05) is 13.1 Å². The summed E-state index contributed by atoms with van der Waals surface area (Å²) in [6.45, 7) is 2.42. The van der Waals surface area contributed by atoms with Gasteiger partial charge in [-0.05, 0) is 38.1 Å². The van der Waals surface area contributed by atoms with E-state index >= 15 is 0 Å². The zero-order chi connectivity index (χ0) is 13.9. The number of aromatic carboxylic acids is 1. The Bertz CT molecular complexity index is 476. The molecule has 0 unspecified atom stereocenters. The average Bonchev–Trinajstić information content (AvgIpc) is 2.43.